The number of carbonyl (C=O) groups is 1. The van der Waals surface area contributed by atoms with E-state index < -0.39 is 17.8 Å². The monoisotopic (exact) mass is 365 g/mol. The Labute approximate surface area is 149 Å². The van der Waals surface area contributed by atoms with Crippen molar-refractivity contribution in [3.63, 3.8) is 0 Å². The number of aromatic amines is 1. The summed E-state index contributed by atoms with van der Waals surface area (Å²) in [4.78, 5) is 17.4. The van der Waals surface area contributed by atoms with Crippen LogP contribution in [0.15, 0.2) is 18.2 Å². The first-order valence-electron chi connectivity index (χ1n) is 9.10. The van der Waals surface area contributed by atoms with Crippen LogP contribution in [0, 0.1) is 5.92 Å². The van der Waals surface area contributed by atoms with Gasteiger partial charge in [-0.2, -0.15) is 13.2 Å². The number of amides is 1. The van der Waals surface area contributed by atoms with Crippen molar-refractivity contribution in [3.05, 3.63) is 35.0 Å². The van der Waals surface area contributed by atoms with E-state index in [1.165, 1.54) is 6.07 Å². The molecule has 3 N–H and O–H groups in total. The van der Waals surface area contributed by atoms with E-state index in [0.29, 0.717) is 24.6 Å². The molecular formula is C19H22F3N3O. The molecular weight excluding hydrogens is 343 g/mol. The molecule has 4 nitrogen and oxygen atoms in total. The Kier molecular flexibility index (Phi) is 4.22. The molecule has 1 fully saturated rings. The van der Waals surface area contributed by atoms with Crippen LogP contribution < -0.4 is 5.73 Å². The first-order chi connectivity index (χ1) is 12.4. The molecule has 0 spiro atoms. The van der Waals surface area contributed by atoms with E-state index in [1.807, 2.05) is 4.90 Å². The fourth-order valence-corrected chi connectivity index (χ4v) is 4.36. The Morgan fingerprint density at radius 3 is 2.69 bits per heavy atom. The summed E-state index contributed by atoms with van der Waals surface area (Å²) in [7, 11) is 0. The average Bonchev–Trinajstić information content (AvgIpc) is 3.26. The number of fused-ring (bicyclic) bond motifs is 3. The van der Waals surface area contributed by atoms with Crippen molar-refractivity contribution < 1.29 is 18.0 Å². The number of para-hydroxylation sites is 1. The van der Waals surface area contributed by atoms with Crippen molar-refractivity contribution in [3.8, 4) is 0 Å². The standard InChI is InChI=1S/C19H22F3N3O/c20-19(21,22)14-5-3-4-12-13-10-11(6-7-15(13)24-17(12)14)16(23)18(26)25-8-1-2-9-25/h3-5,11,16,24H,1-2,6-10,23H2/t11?,16-/m0/s1. The van der Waals surface area contributed by atoms with Gasteiger partial charge in [0.2, 0.25) is 5.91 Å². The van der Waals surface area contributed by atoms with Crippen LogP contribution in [0.2, 0.25) is 0 Å². The van der Waals surface area contributed by atoms with Gasteiger partial charge in [0.15, 0.2) is 0 Å². The maximum atomic E-state index is 13.3. The molecule has 26 heavy (non-hydrogen) atoms. The molecule has 2 aromatic rings. The zero-order valence-electron chi connectivity index (χ0n) is 14.4. The normalized spacial score (nSPS) is 21.8. The maximum Gasteiger partial charge on any atom is 0.418 e. The molecule has 0 radical (unpaired) electrons. The number of likely N-dealkylation sites (tertiary alicyclic amines) is 1. The molecule has 1 saturated heterocycles. The second-order valence-corrected chi connectivity index (χ2v) is 7.37. The van der Waals surface area contributed by atoms with Gasteiger partial charge in [-0.3, -0.25) is 4.79 Å². The number of rotatable bonds is 2. The molecule has 2 aliphatic rings. The number of aromatic nitrogens is 1. The highest BCUT2D eigenvalue weighted by Crippen LogP contribution is 2.39. The van der Waals surface area contributed by atoms with Crippen molar-refractivity contribution in [1.29, 1.82) is 0 Å². The Balaban J connectivity index is 1.63. The highest BCUT2D eigenvalue weighted by atomic mass is 19.4. The van der Waals surface area contributed by atoms with Crippen molar-refractivity contribution in [2.75, 3.05) is 13.1 Å². The van der Waals surface area contributed by atoms with E-state index in [9.17, 15) is 18.0 Å². The summed E-state index contributed by atoms with van der Waals surface area (Å²) >= 11 is 0. The lowest BCUT2D eigenvalue weighted by Crippen LogP contribution is -2.48. The van der Waals surface area contributed by atoms with Crippen LogP contribution in [0.4, 0.5) is 13.2 Å². The Morgan fingerprint density at radius 1 is 1.27 bits per heavy atom. The van der Waals surface area contributed by atoms with Gasteiger partial charge in [-0.1, -0.05) is 12.1 Å². The van der Waals surface area contributed by atoms with Gasteiger partial charge >= 0.3 is 6.18 Å². The molecule has 1 aromatic heterocycles. The lowest BCUT2D eigenvalue weighted by molar-refractivity contribution is -0.136. The number of hydrogen-bond donors (Lipinski definition) is 2. The van der Waals surface area contributed by atoms with Crippen LogP contribution in [0.25, 0.3) is 10.9 Å². The number of nitrogens with zero attached hydrogens (tertiary/aromatic N) is 1. The van der Waals surface area contributed by atoms with E-state index in [0.717, 1.165) is 43.3 Å². The van der Waals surface area contributed by atoms with E-state index in [1.54, 1.807) is 6.07 Å². The van der Waals surface area contributed by atoms with Gasteiger partial charge in [-0.25, -0.2) is 0 Å². The van der Waals surface area contributed by atoms with Crippen molar-refractivity contribution in [2.45, 2.75) is 44.3 Å². The zero-order chi connectivity index (χ0) is 18.5. The summed E-state index contributed by atoms with van der Waals surface area (Å²) in [5, 5.41) is 0.598. The summed E-state index contributed by atoms with van der Waals surface area (Å²) in [6.07, 6.45) is -0.507. The molecule has 1 aliphatic heterocycles. The molecule has 2 atom stereocenters. The Morgan fingerprint density at radius 2 is 2.00 bits per heavy atom. The predicted molar refractivity (Wildman–Crippen MR) is 92.6 cm³/mol. The summed E-state index contributed by atoms with van der Waals surface area (Å²) in [5.74, 6) is -0.0593. The van der Waals surface area contributed by atoms with Gasteiger partial charge in [-0.15, -0.1) is 0 Å². The van der Waals surface area contributed by atoms with Crippen LogP contribution >= 0.6 is 0 Å². The maximum absolute atomic E-state index is 13.3. The largest absolute Gasteiger partial charge is 0.418 e. The fourth-order valence-electron chi connectivity index (χ4n) is 4.36. The minimum Gasteiger partial charge on any atom is -0.358 e. The number of nitrogens with two attached hydrogens (primary N) is 1. The third-order valence-corrected chi connectivity index (χ3v) is 5.78. The van der Waals surface area contributed by atoms with Crippen LogP contribution in [-0.2, 0) is 23.8 Å². The molecule has 1 amide bonds. The van der Waals surface area contributed by atoms with Crippen molar-refractivity contribution in [1.82, 2.24) is 9.88 Å². The molecule has 4 rings (SSSR count). The molecule has 2 heterocycles. The Bertz CT molecular complexity index is 836. The minimum atomic E-state index is -4.39. The quantitative estimate of drug-likeness (QED) is 0.858. The number of nitrogens with one attached hydrogen (secondary N) is 1. The first-order valence-corrected chi connectivity index (χ1v) is 9.10. The van der Waals surface area contributed by atoms with Crippen molar-refractivity contribution in [2.24, 2.45) is 11.7 Å². The predicted octanol–water partition coefficient (Wildman–Crippen LogP) is 3.24. The summed E-state index contributed by atoms with van der Waals surface area (Å²) < 4.78 is 39.8. The SMILES string of the molecule is N[C@H](C(=O)N1CCCC1)C1CCc2[nH]c3c(C(F)(F)F)cccc3c2C1. The Hall–Kier alpha value is -2.02. The molecule has 7 heteroatoms. The van der Waals surface area contributed by atoms with Crippen LogP contribution in [-0.4, -0.2) is 34.9 Å². The highest BCUT2D eigenvalue weighted by Gasteiger charge is 2.36. The van der Waals surface area contributed by atoms with E-state index in [4.69, 9.17) is 5.73 Å². The third kappa shape index (κ3) is 2.88. The van der Waals surface area contributed by atoms with Crippen LogP contribution in [0.3, 0.4) is 0 Å². The van der Waals surface area contributed by atoms with E-state index in [-0.39, 0.29) is 17.3 Å². The fraction of sp³-hybridized carbons (Fsp3) is 0.526. The molecule has 1 unspecified atom stereocenters. The number of aryl methyl sites for hydroxylation is 1. The van der Waals surface area contributed by atoms with Gasteiger partial charge in [0, 0.05) is 24.2 Å². The minimum absolute atomic E-state index is 0.0215. The molecule has 140 valence electrons. The van der Waals surface area contributed by atoms with Gasteiger partial charge in [0.25, 0.3) is 0 Å². The second-order valence-electron chi connectivity index (χ2n) is 7.37. The number of benzene rings is 1. The summed E-state index contributed by atoms with van der Waals surface area (Å²) in [5.41, 5.74) is 7.49. The smallest absolute Gasteiger partial charge is 0.358 e. The lowest BCUT2D eigenvalue weighted by Gasteiger charge is -2.30. The molecule has 0 bridgehead atoms. The average molecular weight is 365 g/mol. The van der Waals surface area contributed by atoms with Gasteiger partial charge < -0.3 is 15.6 Å². The van der Waals surface area contributed by atoms with Crippen LogP contribution in [0.5, 0.6) is 0 Å². The lowest BCUT2D eigenvalue weighted by atomic mass is 9.81. The highest BCUT2D eigenvalue weighted by molar-refractivity contribution is 5.88. The summed E-state index contributed by atoms with van der Waals surface area (Å²) in [6, 6.07) is 3.68. The number of hydrogen-bond acceptors (Lipinski definition) is 2. The van der Waals surface area contributed by atoms with E-state index in [2.05, 4.69) is 4.98 Å². The number of halogens is 3. The molecule has 0 saturated carbocycles. The van der Waals surface area contributed by atoms with Gasteiger partial charge in [-0.05, 0) is 49.7 Å². The number of carbonyl (C=O) groups excluding carboxylic acids is 1. The molecule has 1 aliphatic carbocycles. The van der Waals surface area contributed by atoms with E-state index >= 15 is 0 Å². The first kappa shape index (κ1) is 17.4. The van der Waals surface area contributed by atoms with Crippen molar-refractivity contribution >= 4 is 16.8 Å². The number of alkyl halides is 3. The van der Waals surface area contributed by atoms with Crippen LogP contribution in [0.1, 0.15) is 36.1 Å². The number of H-pyrrole nitrogens is 1. The molecule has 1 aromatic carbocycles. The van der Waals surface area contributed by atoms with Gasteiger partial charge in [0.05, 0.1) is 17.1 Å². The third-order valence-electron chi connectivity index (χ3n) is 5.78. The van der Waals surface area contributed by atoms with Gasteiger partial charge in [0.1, 0.15) is 0 Å². The topological polar surface area (TPSA) is 62.1 Å². The summed E-state index contributed by atoms with van der Waals surface area (Å²) in [6.45, 7) is 1.51. The zero-order valence-corrected chi connectivity index (χ0v) is 14.4. The second kappa shape index (κ2) is 6.30.